The second-order valence-corrected chi connectivity index (χ2v) is 7.79. The van der Waals surface area contributed by atoms with Crippen molar-refractivity contribution in [1.82, 2.24) is 4.72 Å². The van der Waals surface area contributed by atoms with Gasteiger partial charge in [0, 0.05) is 33.5 Å². The second kappa shape index (κ2) is 6.71. The lowest BCUT2D eigenvalue weighted by atomic mass is 10.3. The number of hydrogen-bond donors (Lipinski definition) is 2. The first-order valence-corrected chi connectivity index (χ1v) is 9.23. The van der Waals surface area contributed by atoms with Crippen molar-refractivity contribution in [3.05, 3.63) is 45.1 Å². The molecule has 0 aliphatic carbocycles. The highest BCUT2D eigenvalue weighted by Crippen LogP contribution is 2.20. The molecule has 0 unspecified atom stereocenters. The molecule has 0 amide bonds. The molecule has 0 saturated heterocycles. The maximum atomic E-state index is 12.1. The summed E-state index contributed by atoms with van der Waals surface area (Å²) in [6, 6.07) is 8.64. The molecule has 20 heavy (non-hydrogen) atoms. The normalized spacial score (nSPS) is 11.5. The van der Waals surface area contributed by atoms with E-state index in [2.05, 4.69) is 26.0 Å². The summed E-state index contributed by atoms with van der Waals surface area (Å²) in [5, 5.41) is 5.05. The van der Waals surface area contributed by atoms with Crippen molar-refractivity contribution in [3.63, 3.8) is 0 Å². The molecular formula is C13H15BrN2O2S2. The first-order chi connectivity index (χ1) is 9.51. The minimum absolute atomic E-state index is 0.273. The molecule has 0 saturated carbocycles. The zero-order valence-electron chi connectivity index (χ0n) is 10.9. The molecule has 1 heterocycles. The summed E-state index contributed by atoms with van der Waals surface area (Å²) in [5.41, 5.74) is 0.911. The zero-order valence-corrected chi connectivity index (χ0v) is 14.1. The Balaban J connectivity index is 2.05. The third-order valence-corrected chi connectivity index (χ3v) is 5.72. The second-order valence-electron chi connectivity index (χ2n) is 4.11. The van der Waals surface area contributed by atoms with E-state index in [1.165, 1.54) is 11.3 Å². The minimum Gasteiger partial charge on any atom is -0.385 e. The van der Waals surface area contributed by atoms with E-state index in [4.69, 9.17) is 0 Å². The van der Waals surface area contributed by atoms with Crippen LogP contribution in [0.2, 0.25) is 0 Å². The van der Waals surface area contributed by atoms with Gasteiger partial charge in [-0.25, -0.2) is 13.1 Å². The lowest BCUT2D eigenvalue weighted by Crippen LogP contribution is -2.22. The molecule has 7 heteroatoms. The van der Waals surface area contributed by atoms with E-state index in [9.17, 15) is 8.42 Å². The van der Waals surface area contributed by atoms with Crippen LogP contribution in [-0.4, -0.2) is 15.0 Å². The number of hydrogen-bond acceptors (Lipinski definition) is 4. The van der Waals surface area contributed by atoms with Crippen LogP contribution in [0, 0.1) is 0 Å². The third kappa shape index (κ3) is 4.05. The van der Waals surface area contributed by atoms with Gasteiger partial charge in [-0.05, 0) is 53.2 Å². The Morgan fingerprint density at radius 3 is 2.50 bits per heavy atom. The Kier molecular flexibility index (Phi) is 5.20. The third-order valence-electron chi connectivity index (χ3n) is 2.60. The summed E-state index contributed by atoms with van der Waals surface area (Å²) in [7, 11) is -3.47. The highest BCUT2D eigenvalue weighted by molar-refractivity contribution is 9.10. The molecule has 1 aromatic carbocycles. The van der Waals surface area contributed by atoms with Gasteiger partial charge in [-0.15, -0.1) is 11.3 Å². The molecule has 108 valence electrons. The Hall–Kier alpha value is -0.890. The van der Waals surface area contributed by atoms with Gasteiger partial charge in [-0.3, -0.25) is 0 Å². The van der Waals surface area contributed by atoms with Crippen molar-refractivity contribution in [3.8, 4) is 0 Å². The van der Waals surface area contributed by atoms with E-state index in [1.54, 1.807) is 24.3 Å². The topological polar surface area (TPSA) is 58.2 Å². The van der Waals surface area contributed by atoms with Crippen LogP contribution in [0.15, 0.2) is 45.1 Å². The zero-order chi connectivity index (χ0) is 14.6. The lowest BCUT2D eigenvalue weighted by molar-refractivity contribution is 0.582. The van der Waals surface area contributed by atoms with Gasteiger partial charge in [0.15, 0.2) is 0 Å². The molecule has 0 fully saturated rings. The monoisotopic (exact) mass is 374 g/mol. The van der Waals surface area contributed by atoms with Crippen LogP contribution in [-0.2, 0) is 16.6 Å². The van der Waals surface area contributed by atoms with Crippen LogP contribution < -0.4 is 10.0 Å². The van der Waals surface area contributed by atoms with E-state index in [1.807, 2.05) is 18.4 Å². The first kappa shape index (κ1) is 15.5. The maximum Gasteiger partial charge on any atom is 0.240 e. The fourth-order valence-electron chi connectivity index (χ4n) is 1.65. The van der Waals surface area contributed by atoms with Gasteiger partial charge < -0.3 is 5.32 Å². The predicted molar refractivity (Wildman–Crippen MR) is 86.7 cm³/mol. The Bertz CT molecular complexity index is 666. The van der Waals surface area contributed by atoms with Gasteiger partial charge >= 0.3 is 0 Å². The largest absolute Gasteiger partial charge is 0.385 e. The molecule has 0 aliphatic heterocycles. The predicted octanol–water partition coefficient (Wildman–Crippen LogP) is 3.42. The Morgan fingerprint density at radius 1 is 1.25 bits per heavy atom. The van der Waals surface area contributed by atoms with Crippen molar-refractivity contribution in [2.24, 2.45) is 0 Å². The first-order valence-electron chi connectivity index (χ1n) is 6.08. The highest BCUT2D eigenvalue weighted by atomic mass is 79.9. The fourth-order valence-corrected chi connectivity index (χ4v) is 4.14. The highest BCUT2D eigenvalue weighted by Gasteiger charge is 2.13. The molecule has 2 rings (SSSR count). The average molecular weight is 375 g/mol. The summed E-state index contributed by atoms with van der Waals surface area (Å²) in [5.74, 6) is 0. The Labute approximate surface area is 131 Å². The van der Waals surface area contributed by atoms with Crippen molar-refractivity contribution in [1.29, 1.82) is 0 Å². The molecule has 0 spiro atoms. The van der Waals surface area contributed by atoms with Crippen LogP contribution >= 0.6 is 27.3 Å². The number of halogens is 1. The number of anilines is 1. The standard InChI is InChI=1S/C13H15BrN2O2S2/c1-2-15-11-3-5-13(6-4-11)20(17,18)16-8-12-7-10(14)9-19-12/h3-7,9,15-16H,2,8H2,1H3. The SMILES string of the molecule is CCNc1ccc(S(=O)(=O)NCc2cc(Br)cs2)cc1. The van der Waals surface area contributed by atoms with Crippen molar-refractivity contribution in [2.45, 2.75) is 18.4 Å². The van der Waals surface area contributed by atoms with Gasteiger partial charge in [-0.1, -0.05) is 0 Å². The number of nitrogens with one attached hydrogen (secondary N) is 2. The van der Waals surface area contributed by atoms with Gasteiger partial charge in [-0.2, -0.15) is 0 Å². The van der Waals surface area contributed by atoms with Crippen molar-refractivity contribution in [2.75, 3.05) is 11.9 Å². The minimum atomic E-state index is -3.47. The number of thiophene rings is 1. The van der Waals surface area contributed by atoms with Crippen LogP contribution in [0.5, 0.6) is 0 Å². The van der Waals surface area contributed by atoms with Crippen LogP contribution in [0.3, 0.4) is 0 Å². The molecule has 0 bridgehead atoms. The quantitative estimate of drug-likeness (QED) is 0.814. The lowest BCUT2D eigenvalue weighted by Gasteiger charge is -2.07. The Morgan fingerprint density at radius 2 is 1.95 bits per heavy atom. The number of rotatable bonds is 6. The van der Waals surface area contributed by atoms with E-state index in [-0.39, 0.29) is 4.90 Å². The molecule has 4 nitrogen and oxygen atoms in total. The molecule has 0 aliphatic rings. The van der Waals surface area contributed by atoms with E-state index < -0.39 is 10.0 Å². The molecule has 0 radical (unpaired) electrons. The summed E-state index contributed by atoms with van der Waals surface area (Å²) in [4.78, 5) is 1.24. The molecule has 1 aromatic heterocycles. The smallest absolute Gasteiger partial charge is 0.240 e. The van der Waals surface area contributed by atoms with Crippen LogP contribution in [0.1, 0.15) is 11.8 Å². The van der Waals surface area contributed by atoms with Gasteiger partial charge in [0.25, 0.3) is 0 Å². The van der Waals surface area contributed by atoms with E-state index >= 15 is 0 Å². The van der Waals surface area contributed by atoms with Gasteiger partial charge in [0.05, 0.1) is 4.90 Å². The van der Waals surface area contributed by atoms with Crippen LogP contribution in [0.25, 0.3) is 0 Å². The van der Waals surface area contributed by atoms with Gasteiger partial charge in [0.1, 0.15) is 0 Å². The maximum absolute atomic E-state index is 12.1. The van der Waals surface area contributed by atoms with Crippen molar-refractivity contribution < 1.29 is 8.42 Å². The molecule has 0 atom stereocenters. The number of sulfonamides is 1. The summed E-state index contributed by atoms with van der Waals surface area (Å²) < 4.78 is 27.8. The molecular weight excluding hydrogens is 360 g/mol. The summed E-state index contributed by atoms with van der Waals surface area (Å²) in [6.07, 6.45) is 0. The van der Waals surface area contributed by atoms with Gasteiger partial charge in [0.2, 0.25) is 10.0 Å². The summed E-state index contributed by atoms with van der Waals surface area (Å²) >= 11 is 4.86. The molecule has 2 N–H and O–H groups in total. The fraction of sp³-hybridized carbons (Fsp3) is 0.231. The summed E-state index contributed by atoms with van der Waals surface area (Å²) in [6.45, 7) is 3.09. The van der Waals surface area contributed by atoms with E-state index in [0.717, 1.165) is 21.6 Å². The van der Waals surface area contributed by atoms with Crippen LogP contribution in [0.4, 0.5) is 5.69 Å². The number of benzene rings is 1. The molecule has 2 aromatic rings. The van der Waals surface area contributed by atoms with Crippen molar-refractivity contribution >= 4 is 43.0 Å². The van der Waals surface area contributed by atoms with E-state index in [0.29, 0.717) is 6.54 Å². The average Bonchev–Trinajstić information content (AvgIpc) is 2.84.